The summed E-state index contributed by atoms with van der Waals surface area (Å²) in [6.45, 7) is 1.77. The molecule has 1 fully saturated rings. The van der Waals surface area contributed by atoms with Crippen molar-refractivity contribution < 1.29 is 26.0 Å². The van der Waals surface area contributed by atoms with Crippen LogP contribution in [0, 0.1) is 5.82 Å². The number of primary sulfonamides is 1. The Morgan fingerprint density at radius 2 is 1.62 bits per heavy atom. The SMILES string of the molecule is CC(Nc1nc(NC2(C(F)(F)F)CCC2)c2nc(-c3ccc(F)cc3)ccc2n1)c1ccc(S(N)(=O)=O)cc1. The van der Waals surface area contributed by atoms with Crippen LogP contribution in [0.5, 0.6) is 0 Å². The van der Waals surface area contributed by atoms with Crippen LogP contribution in [-0.2, 0) is 10.0 Å². The molecule has 1 aliphatic carbocycles. The molecule has 0 saturated heterocycles. The van der Waals surface area contributed by atoms with Crippen molar-refractivity contribution in [2.75, 3.05) is 10.6 Å². The Hall–Kier alpha value is -3.84. The number of aromatic nitrogens is 3. The first-order chi connectivity index (χ1) is 18.3. The second-order valence-electron chi connectivity index (χ2n) is 9.51. The highest BCUT2D eigenvalue weighted by molar-refractivity contribution is 7.89. The molecule has 8 nitrogen and oxygen atoms in total. The molecule has 1 saturated carbocycles. The number of anilines is 2. The van der Waals surface area contributed by atoms with E-state index < -0.39 is 33.6 Å². The zero-order chi connectivity index (χ0) is 28.0. The summed E-state index contributed by atoms with van der Waals surface area (Å²) < 4.78 is 78.6. The average molecular weight is 561 g/mol. The summed E-state index contributed by atoms with van der Waals surface area (Å²) in [5, 5.41) is 10.8. The quantitative estimate of drug-likeness (QED) is 0.253. The number of sulfonamides is 1. The van der Waals surface area contributed by atoms with Crippen molar-refractivity contribution in [3.05, 3.63) is 72.0 Å². The minimum atomic E-state index is -4.51. The van der Waals surface area contributed by atoms with Crippen molar-refractivity contribution in [3.63, 3.8) is 0 Å². The lowest BCUT2D eigenvalue weighted by Crippen LogP contribution is -2.57. The van der Waals surface area contributed by atoms with E-state index in [1.807, 2.05) is 0 Å². The predicted molar refractivity (Wildman–Crippen MR) is 139 cm³/mol. The van der Waals surface area contributed by atoms with Gasteiger partial charge in [-0.05, 0) is 80.3 Å². The second-order valence-corrected chi connectivity index (χ2v) is 11.1. The minimum absolute atomic E-state index is 0.0483. The first kappa shape index (κ1) is 26.8. The maximum Gasteiger partial charge on any atom is 0.411 e. The molecule has 0 spiro atoms. The molecule has 2 aromatic heterocycles. The number of benzene rings is 2. The van der Waals surface area contributed by atoms with Gasteiger partial charge in [-0.15, -0.1) is 0 Å². The molecule has 13 heteroatoms. The Morgan fingerprint density at radius 1 is 0.949 bits per heavy atom. The van der Waals surface area contributed by atoms with Gasteiger partial charge < -0.3 is 10.6 Å². The maximum atomic E-state index is 14.0. The van der Waals surface area contributed by atoms with Crippen molar-refractivity contribution in [1.82, 2.24) is 15.0 Å². The maximum absolute atomic E-state index is 14.0. The van der Waals surface area contributed by atoms with Gasteiger partial charge in [-0.2, -0.15) is 18.2 Å². The van der Waals surface area contributed by atoms with Gasteiger partial charge >= 0.3 is 6.18 Å². The minimum Gasteiger partial charge on any atom is -0.354 e. The molecule has 2 aromatic carbocycles. The molecule has 0 aliphatic heterocycles. The van der Waals surface area contributed by atoms with E-state index in [9.17, 15) is 26.0 Å². The summed E-state index contributed by atoms with van der Waals surface area (Å²) >= 11 is 0. The van der Waals surface area contributed by atoms with Gasteiger partial charge in [-0.25, -0.2) is 27.9 Å². The zero-order valence-corrected chi connectivity index (χ0v) is 21.4. The number of hydrogen-bond acceptors (Lipinski definition) is 7. The summed E-state index contributed by atoms with van der Waals surface area (Å²) in [7, 11) is -3.86. The molecule has 4 aromatic rings. The molecule has 2 heterocycles. The highest BCUT2D eigenvalue weighted by Gasteiger charge is 2.58. The van der Waals surface area contributed by atoms with Crippen molar-refractivity contribution in [3.8, 4) is 11.3 Å². The standard InChI is InChI=1S/C26H24F4N6O2S/c1-15(16-5-9-19(10-6-16)39(31,37)38)32-24-34-21-12-11-20(17-3-7-18(27)8-4-17)33-22(21)23(35-24)36-25(13-2-14-25)26(28,29)30/h3-12,15H,2,13-14H2,1H3,(H2,31,37,38)(H2,32,34,35,36). The third-order valence-corrected chi connectivity index (χ3v) is 7.77. The number of pyridine rings is 1. The highest BCUT2D eigenvalue weighted by Crippen LogP contribution is 2.47. The number of nitrogens with one attached hydrogen (secondary N) is 2. The normalized spacial score (nSPS) is 15.9. The van der Waals surface area contributed by atoms with Crippen molar-refractivity contribution >= 4 is 32.8 Å². The fourth-order valence-electron chi connectivity index (χ4n) is 4.41. The van der Waals surface area contributed by atoms with Crippen molar-refractivity contribution in [1.29, 1.82) is 0 Å². The van der Waals surface area contributed by atoms with E-state index in [1.54, 1.807) is 31.2 Å². The largest absolute Gasteiger partial charge is 0.411 e. The van der Waals surface area contributed by atoms with E-state index in [0.717, 1.165) is 0 Å². The van der Waals surface area contributed by atoms with Crippen LogP contribution in [0.4, 0.5) is 29.3 Å². The van der Waals surface area contributed by atoms with Crippen molar-refractivity contribution in [2.24, 2.45) is 5.14 Å². The van der Waals surface area contributed by atoms with Crippen LogP contribution in [0.15, 0.2) is 65.6 Å². The summed E-state index contributed by atoms with van der Waals surface area (Å²) in [5.41, 5.74) is -0.00705. The van der Waals surface area contributed by atoms with Crippen LogP contribution < -0.4 is 15.8 Å². The molecule has 39 heavy (non-hydrogen) atoms. The summed E-state index contributed by atoms with van der Waals surface area (Å²) in [4.78, 5) is 13.3. The van der Waals surface area contributed by atoms with Crippen LogP contribution in [0.1, 0.15) is 37.8 Å². The van der Waals surface area contributed by atoms with E-state index in [1.165, 1.54) is 36.4 Å². The van der Waals surface area contributed by atoms with Gasteiger partial charge in [-0.3, -0.25) is 0 Å². The number of nitrogens with two attached hydrogens (primary N) is 1. The lowest BCUT2D eigenvalue weighted by molar-refractivity contribution is -0.198. The highest BCUT2D eigenvalue weighted by atomic mass is 32.2. The molecule has 4 N–H and O–H groups in total. The van der Waals surface area contributed by atoms with Gasteiger partial charge in [0.15, 0.2) is 5.82 Å². The fourth-order valence-corrected chi connectivity index (χ4v) is 4.92. The van der Waals surface area contributed by atoms with E-state index in [-0.39, 0.29) is 35.0 Å². The number of nitrogens with zero attached hydrogens (tertiary/aromatic N) is 3. The van der Waals surface area contributed by atoms with Crippen LogP contribution in [0.25, 0.3) is 22.3 Å². The van der Waals surface area contributed by atoms with Crippen LogP contribution in [0.3, 0.4) is 0 Å². The summed E-state index contributed by atoms with van der Waals surface area (Å²) in [6.07, 6.45) is -4.30. The predicted octanol–water partition coefficient (Wildman–Crippen LogP) is 5.55. The van der Waals surface area contributed by atoms with Crippen LogP contribution in [0.2, 0.25) is 0 Å². The summed E-state index contributed by atoms with van der Waals surface area (Å²) in [5.74, 6) is -0.451. The zero-order valence-electron chi connectivity index (χ0n) is 20.6. The van der Waals surface area contributed by atoms with E-state index >= 15 is 0 Å². The lowest BCUT2D eigenvalue weighted by atomic mass is 9.76. The number of alkyl halides is 3. The Morgan fingerprint density at radius 3 is 2.18 bits per heavy atom. The van der Waals surface area contributed by atoms with E-state index in [2.05, 4.69) is 25.6 Å². The molecular formula is C26H24F4N6O2S. The topological polar surface area (TPSA) is 123 Å². The monoisotopic (exact) mass is 560 g/mol. The third-order valence-electron chi connectivity index (χ3n) is 6.84. The number of fused-ring (bicyclic) bond motifs is 1. The van der Waals surface area contributed by atoms with Crippen LogP contribution >= 0.6 is 0 Å². The molecule has 5 rings (SSSR count). The van der Waals surface area contributed by atoms with Crippen molar-refractivity contribution in [2.45, 2.75) is 48.8 Å². The number of hydrogen-bond donors (Lipinski definition) is 3. The lowest BCUT2D eigenvalue weighted by Gasteiger charge is -2.44. The molecule has 1 atom stereocenters. The fraction of sp³-hybridized carbons (Fsp3) is 0.269. The number of halogens is 4. The Kier molecular flexibility index (Phi) is 6.67. The third kappa shape index (κ3) is 5.36. The Balaban J connectivity index is 1.54. The first-order valence-electron chi connectivity index (χ1n) is 12.0. The molecular weight excluding hydrogens is 536 g/mol. The second kappa shape index (κ2) is 9.72. The molecule has 1 unspecified atom stereocenters. The first-order valence-corrected chi connectivity index (χ1v) is 13.6. The smallest absolute Gasteiger partial charge is 0.354 e. The van der Waals surface area contributed by atoms with Gasteiger partial charge in [0.1, 0.15) is 16.9 Å². The molecule has 0 bridgehead atoms. The molecule has 0 radical (unpaired) electrons. The Labute approximate surface area is 221 Å². The molecule has 204 valence electrons. The van der Waals surface area contributed by atoms with Gasteiger partial charge in [0.2, 0.25) is 16.0 Å². The van der Waals surface area contributed by atoms with Crippen LogP contribution in [-0.4, -0.2) is 35.1 Å². The van der Waals surface area contributed by atoms with Gasteiger partial charge in [0.05, 0.1) is 22.1 Å². The molecule has 1 aliphatic rings. The van der Waals surface area contributed by atoms with E-state index in [0.29, 0.717) is 28.8 Å². The van der Waals surface area contributed by atoms with E-state index in [4.69, 9.17) is 5.14 Å². The van der Waals surface area contributed by atoms with Gasteiger partial charge in [0.25, 0.3) is 0 Å². The molecule has 0 amide bonds. The van der Waals surface area contributed by atoms with Gasteiger partial charge in [0, 0.05) is 5.56 Å². The summed E-state index contributed by atoms with van der Waals surface area (Å²) in [6, 6.07) is 14.3. The number of rotatable bonds is 7. The Bertz CT molecular complexity index is 1620. The van der Waals surface area contributed by atoms with Gasteiger partial charge in [-0.1, -0.05) is 12.1 Å². The average Bonchev–Trinajstić information content (AvgIpc) is 2.85.